The maximum Gasteiger partial charge on any atom is 0.321 e. The highest BCUT2D eigenvalue weighted by atomic mass is 35.5. The summed E-state index contributed by atoms with van der Waals surface area (Å²) in [6.07, 6.45) is 4.29. The van der Waals surface area contributed by atoms with Crippen LogP contribution in [0.4, 0.5) is 10.5 Å². The lowest BCUT2D eigenvalue weighted by Gasteiger charge is -2.28. The lowest BCUT2D eigenvalue weighted by molar-refractivity contribution is -0.127. The van der Waals surface area contributed by atoms with Crippen molar-refractivity contribution in [3.63, 3.8) is 0 Å². The molecule has 0 aromatic heterocycles. The van der Waals surface area contributed by atoms with Gasteiger partial charge in [-0.2, -0.15) is 0 Å². The Bertz CT molecular complexity index is 614. The van der Waals surface area contributed by atoms with Crippen LogP contribution >= 0.6 is 11.6 Å². The molecular weight excluding hydrogens is 314 g/mol. The fourth-order valence-electron chi connectivity index (χ4n) is 4.00. The predicted octanol–water partition coefficient (Wildman–Crippen LogP) is 3.11. The minimum Gasteiger partial charge on any atom is -0.359 e. The third-order valence-electron chi connectivity index (χ3n) is 5.21. The molecule has 0 radical (unpaired) electrons. The topological polar surface area (TPSA) is 61.4 Å². The van der Waals surface area contributed by atoms with E-state index in [4.69, 9.17) is 11.6 Å². The van der Waals surface area contributed by atoms with Crippen LogP contribution in [0.3, 0.4) is 0 Å². The molecule has 3 amide bonds. The van der Waals surface area contributed by atoms with Gasteiger partial charge in [0.25, 0.3) is 0 Å². The van der Waals surface area contributed by atoms with Crippen molar-refractivity contribution in [1.29, 1.82) is 0 Å². The molecule has 1 aromatic rings. The van der Waals surface area contributed by atoms with Gasteiger partial charge in [-0.15, -0.1) is 0 Å². The largest absolute Gasteiger partial charge is 0.359 e. The number of hydrogen-bond donors (Lipinski definition) is 2. The molecule has 23 heavy (non-hydrogen) atoms. The molecule has 5 nitrogen and oxygen atoms in total. The SMILES string of the molecule is CNC(=O)[C@H]1CN(C(=O)Nc2ccccc2Cl)CC12CCCC2. The molecule has 1 spiro atoms. The van der Waals surface area contributed by atoms with Crippen LogP contribution in [0.25, 0.3) is 0 Å². The Hall–Kier alpha value is -1.75. The molecule has 1 heterocycles. The van der Waals surface area contributed by atoms with Crippen LogP contribution < -0.4 is 10.6 Å². The zero-order chi connectivity index (χ0) is 16.4. The van der Waals surface area contributed by atoms with Crippen LogP contribution in [0.1, 0.15) is 25.7 Å². The minimum atomic E-state index is -0.184. The molecule has 0 bridgehead atoms. The van der Waals surface area contributed by atoms with Crippen molar-refractivity contribution in [1.82, 2.24) is 10.2 Å². The number of benzene rings is 1. The molecule has 1 atom stereocenters. The number of halogens is 1. The van der Waals surface area contributed by atoms with Gasteiger partial charge in [-0.05, 0) is 25.0 Å². The van der Waals surface area contributed by atoms with Crippen molar-refractivity contribution in [2.45, 2.75) is 25.7 Å². The molecule has 2 fully saturated rings. The second-order valence-corrected chi connectivity index (χ2v) is 6.93. The molecule has 1 aliphatic carbocycles. The standard InChI is InChI=1S/C17H22ClN3O2/c1-19-15(22)12-10-21(11-17(12)8-4-5-9-17)16(23)20-14-7-3-2-6-13(14)18/h2-3,6-7,12H,4-5,8-11H2,1H3,(H,19,22)(H,20,23)/t12-/m1/s1. The van der Waals surface area contributed by atoms with Crippen molar-refractivity contribution in [2.75, 3.05) is 25.5 Å². The first kappa shape index (κ1) is 16.1. The third kappa shape index (κ3) is 3.02. The Morgan fingerprint density at radius 1 is 1.26 bits per heavy atom. The van der Waals surface area contributed by atoms with Gasteiger partial charge in [0.05, 0.1) is 16.6 Å². The van der Waals surface area contributed by atoms with Gasteiger partial charge in [0.1, 0.15) is 0 Å². The van der Waals surface area contributed by atoms with Gasteiger partial charge in [-0.3, -0.25) is 4.79 Å². The number of rotatable bonds is 2. The summed E-state index contributed by atoms with van der Waals surface area (Å²) in [6.45, 7) is 1.11. The van der Waals surface area contributed by atoms with Crippen LogP contribution in [-0.4, -0.2) is 37.0 Å². The van der Waals surface area contributed by atoms with Gasteiger partial charge in [0.2, 0.25) is 5.91 Å². The fourth-order valence-corrected chi connectivity index (χ4v) is 4.18. The smallest absolute Gasteiger partial charge is 0.321 e. The van der Waals surface area contributed by atoms with Crippen LogP contribution in [0, 0.1) is 11.3 Å². The van der Waals surface area contributed by atoms with Gasteiger partial charge < -0.3 is 15.5 Å². The van der Waals surface area contributed by atoms with Crippen molar-refractivity contribution in [3.05, 3.63) is 29.3 Å². The third-order valence-corrected chi connectivity index (χ3v) is 5.54. The number of carbonyl (C=O) groups is 2. The van der Waals surface area contributed by atoms with Crippen molar-refractivity contribution in [3.8, 4) is 0 Å². The molecule has 1 saturated heterocycles. The highest BCUT2D eigenvalue weighted by Crippen LogP contribution is 2.49. The molecule has 2 N–H and O–H groups in total. The number of hydrogen-bond acceptors (Lipinski definition) is 2. The zero-order valence-electron chi connectivity index (χ0n) is 13.3. The maximum absolute atomic E-state index is 12.6. The summed E-state index contributed by atoms with van der Waals surface area (Å²) in [6, 6.07) is 6.99. The summed E-state index contributed by atoms with van der Waals surface area (Å²) >= 11 is 6.10. The van der Waals surface area contributed by atoms with E-state index in [-0.39, 0.29) is 23.3 Å². The van der Waals surface area contributed by atoms with Gasteiger partial charge in [-0.1, -0.05) is 36.6 Å². The molecule has 6 heteroatoms. The monoisotopic (exact) mass is 335 g/mol. The van der Waals surface area contributed by atoms with Crippen molar-refractivity contribution >= 4 is 29.2 Å². The minimum absolute atomic E-state index is 0.0416. The predicted molar refractivity (Wildman–Crippen MR) is 90.5 cm³/mol. The molecule has 124 valence electrons. The quantitative estimate of drug-likeness (QED) is 0.872. The Morgan fingerprint density at radius 2 is 1.96 bits per heavy atom. The molecule has 0 unspecified atom stereocenters. The summed E-state index contributed by atoms with van der Waals surface area (Å²) in [5, 5.41) is 6.13. The molecule has 1 aromatic carbocycles. The van der Waals surface area contributed by atoms with Crippen molar-refractivity contribution in [2.24, 2.45) is 11.3 Å². The number of nitrogens with one attached hydrogen (secondary N) is 2. The van der Waals surface area contributed by atoms with E-state index in [1.165, 1.54) is 0 Å². The van der Waals surface area contributed by atoms with Crippen LogP contribution in [-0.2, 0) is 4.79 Å². The number of nitrogens with zero attached hydrogens (tertiary/aromatic N) is 1. The summed E-state index contributed by atoms with van der Waals surface area (Å²) in [5.74, 6) is -0.0769. The van der Waals surface area contributed by atoms with E-state index in [0.717, 1.165) is 25.7 Å². The van der Waals surface area contributed by atoms with Gasteiger partial charge >= 0.3 is 6.03 Å². The normalized spacial score (nSPS) is 22.3. The van der Waals surface area contributed by atoms with Gasteiger partial charge in [0, 0.05) is 25.6 Å². The zero-order valence-corrected chi connectivity index (χ0v) is 14.0. The first-order chi connectivity index (χ1) is 11.1. The number of amides is 3. The van der Waals surface area contributed by atoms with Crippen molar-refractivity contribution < 1.29 is 9.59 Å². The highest BCUT2D eigenvalue weighted by molar-refractivity contribution is 6.33. The van der Waals surface area contributed by atoms with E-state index < -0.39 is 0 Å². The summed E-state index contributed by atoms with van der Waals surface area (Å²) < 4.78 is 0. The number of carbonyl (C=O) groups excluding carboxylic acids is 2. The summed E-state index contributed by atoms with van der Waals surface area (Å²) in [7, 11) is 1.66. The van der Waals surface area contributed by atoms with E-state index in [2.05, 4.69) is 10.6 Å². The molecular formula is C17H22ClN3O2. The Morgan fingerprint density at radius 3 is 2.61 bits per heavy atom. The fraction of sp³-hybridized carbons (Fsp3) is 0.529. The number of anilines is 1. The van der Waals surface area contributed by atoms with Gasteiger partial charge in [0.15, 0.2) is 0 Å². The van der Waals surface area contributed by atoms with E-state index >= 15 is 0 Å². The second kappa shape index (κ2) is 6.40. The first-order valence-electron chi connectivity index (χ1n) is 8.08. The molecule has 2 aliphatic rings. The Kier molecular flexibility index (Phi) is 4.48. The maximum atomic E-state index is 12.6. The Labute approximate surface area is 141 Å². The molecule has 1 aliphatic heterocycles. The van der Waals surface area contributed by atoms with E-state index in [9.17, 15) is 9.59 Å². The average Bonchev–Trinajstić information content (AvgIpc) is 3.17. The number of para-hydroxylation sites is 1. The average molecular weight is 336 g/mol. The van der Waals surface area contributed by atoms with Crippen LogP contribution in [0.5, 0.6) is 0 Å². The van der Waals surface area contributed by atoms with E-state index in [1.54, 1.807) is 24.1 Å². The van der Waals surface area contributed by atoms with Gasteiger partial charge in [-0.25, -0.2) is 4.79 Å². The molecule has 1 saturated carbocycles. The Balaban J connectivity index is 1.75. The molecule has 3 rings (SSSR count). The number of urea groups is 1. The summed E-state index contributed by atoms with van der Waals surface area (Å²) in [5.41, 5.74) is 0.542. The second-order valence-electron chi connectivity index (χ2n) is 6.53. The highest BCUT2D eigenvalue weighted by Gasteiger charge is 2.52. The lowest BCUT2D eigenvalue weighted by Crippen LogP contribution is -2.38. The van der Waals surface area contributed by atoms with E-state index in [1.807, 2.05) is 12.1 Å². The summed E-state index contributed by atoms with van der Waals surface area (Å²) in [4.78, 5) is 26.6. The lowest BCUT2D eigenvalue weighted by atomic mass is 9.76. The van der Waals surface area contributed by atoms with Crippen LogP contribution in [0.15, 0.2) is 24.3 Å². The van der Waals surface area contributed by atoms with Crippen LogP contribution in [0.2, 0.25) is 5.02 Å². The van der Waals surface area contributed by atoms with E-state index in [0.29, 0.717) is 23.8 Å². The first-order valence-corrected chi connectivity index (χ1v) is 8.45. The number of likely N-dealkylation sites (tertiary alicyclic amines) is 1.